The molecule has 1 aromatic rings. The van der Waals surface area contributed by atoms with Gasteiger partial charge in [-0.2, -0.15) is 0 Å². The summed E-state index contributed by atoms with van der Waals surface area (Å²) in [6.45, 7) is 9.99. The topological polar surface area (TPSA) is 38.8 Å². The molecule has 0 fully saturated rings. The molecule has 0 aromatic heterocycles. The van der Waals surface area contributed by atoms with Crippen LogP contribution in [0.5, 0.6) is 5.75 Å². The molecule has 134 valence electrons. The summed E-state index contributed by atoms with van der Waals surface area (Å²) in [5.74, 6) is 0.582. The summed E-state index contributed by atoms with van der Waals surface area (Å²) in [5.41, 5.74) is 0.256. The zero-order chi connectivity index (χ0) is 18.4. The lowest BCUT2D eigenvalue weighted by molar-refractivity contribution is 0.0600. The van der Waals surface area contributed by atoms with Gasteiger partial charge >= 0.3 is 5.97 Å². The molecular formula is C17H23Cl2NO3S. The number of esters is 1. The number of ether oxygens (including phenoxy) is 2. The van der Waals surface area contributed by atoms with Crippen molar-refractivity contribution in [2.75, 3.05) is 20.2 Å². The monoisotopic (exact) mass is 391 g/mol. The van der Waals surface area contributed by atoms with E-state index in [9.17, 15) is 4.79 Å². The average Bonchev–Trinajstić information content (AvgIpc) is 2.47. The van der Waals surface area contributed by atoms with Crippen molar-refractivity contribution in [3.63, 3.8) is 0 Å². The number of hydrogen-bond acceptors (Lipinski definition) is 4. The van der Waals surface area contributed by atoms with E-state index in [0.717, 1.165) is 13.1 Å². The maximum absolute atomic E-state index is 11.6. The highest BCUT2D eigenvalue weighted by atomic mass is 35.5. The van der Waals surface area contributed by atoms with Gasteiger partial charge in [-0.15, -0.1) is 0 Å². The Hall–Kier alpha value is -1.04. The molecule has 1 aromatic carbocycles. The summed E-state index contributed by atoms with van der Waals surface area (Å²) >= 11 is 17.8. The fourth-order valence-corrected chi connectivity index (χ4v) is 2.95. The smallest absolute Gasteiger partial charge is 0.337 e. The van der Waals surface area contributed by atoms with E-state index in [1.165, 1.54) is 19.2 Å². The normalized spacial score (nSPS) is 10.9. The Bertz CT molecular complexity index is 572. The van der Waals surface area contributed by atoms with Gasteiger partial charge in [0.25, 0.3) is 5.17 Å². The number of benzene rings is 1. The van der Waals surface area contributed by atoms with Crippen LogP contribution < -0.4 is 4.74 Å². The van der Waals surface area contributed by atoms with Crippen molar-refractivity contribution < 1.29 is 14.3 Å². The van der Waals surface area contributed by atoms with Crippen LogP contribution in [0.25, 0.3) is 0 Å². The summed E-state index contributed by atoms with van der Waals surface area (Å²) in [7, 11) is 1.29. The molecule has 7 heteroatoms. The first-order valence-corrected chi connectivity index (χ1v) is 8.86. The number of rotatable bonds is 6. The quantitative estimate of drug-likeness (QED) is 0.500. The van der Waals surface area contributed by atoms with Crippen molar-refractivity contribution in [3.05, 3.63) is 27.7 Å². The molecule has 0 amide bonds. The highest BCUT2D eigenvalue weighted by molar-refractivity contribution is 7.80. The van der Waals surface area contributed by atoms with Crippen LogP contribution >= 0.6 is 35.4 Å². The third-order valence-corrected chi connectivity index (χ3v) is 3.94. The molecular weight excluding hydrogens is 369 g/mol. The first kappa shape index (κ1) is 21.0. The molecule has 24 heavy (non-hydrogen) atoms. The summed E-state index contributed by atoms with van der Waals surface area (Å²) in [6, 6.07) is 2.90. The minimum absolute atomic E-state index is 0.208. The van der Waals surface area contributed by atoms with E-state index < -0.39 is 5.97 Å². The Morgan fingerprint density at radius 2 is 1.58 bits per heavy atom. The first-order valence-electron chi connectivity index (χ1n) is 7.69. The number of hydrogen-bond donors (Lipinski definition) is 0. The number of nitrogens with zero attached hydrogens (tertiary/aromatic N) is 1. The van der Waals surface area contributed by atoms with Gasteiger partial charge in [-0.05, 0) is 36.2 Å². The molecule has 0 N–H and O–H groups in total. The third kappa shape index (κ3) is 6.11. The Kier molecular flexibility index (Phi) is 8.27. The van der Waals surface area contributed by atoms with Crippen LogP contribution in [-0.2, 0) is 4.74 Å². The number of methoxy groups -OCH3 is 1. The van der Waals surface area contributed by atoms with Gasteiger partial charge in [0.1, 0.15) is 0 Å². The summed E-state index contributed by atoms with van der Waals surface area (Å²) < 4.78 is 10.4. The molecule has 0 atom stereocenters. The second-order valence-electron chi connectivity index (χ2n) is 6.32. The highest BCUT2D eigenvalue weighted by Gasteiger charge is 2.20. The van der Waals surface area contributed by atoms with E-state index in [0.29, 0.717) is 17.0 Å². The maximum atomic E-state index is 11.6. The van der Waals surface area contributed by atoms with Crippen LogP contribution in [0.4, 0.5) is 0 Å². The van der Waals surface area contributed by atoms with E-state index in [1.807, 2.05) is 4.90 Å². The fourth-order valence-electron chi connectivity index (χ4n) is 2.15. The molecule has 0 saturated carbocycles. The van der Waals surface area contributed by atoms with Crippen LogP contribution in [0, 0.1) is 11.8 Å². The van der Waals surface area contributed by atoms with Crippen LogP contribution in [0.3, 0.4) is 0 Å². The van der Waals surface area contributed by atoms with Crippen LogP contribution in [0.15, 0.2) is 12.1 Å². The SMILES string of the molecule is COC(=O)c1cc(Cl)c(OC(=S)N(CC(C)C)CC(C)C)c(Cl)c1. The number of carbonyl (C=O) groups is 1. The predicted molar refractivity (Wildman–Crippen MR) is 102 cm³/mol. The summed E-state index contributed by atoms with van der Waals surface area (Å²) in [4.78, 5) is 13.6. The zero-order valence-corrected chi connectivity index (χ0v) is 16.9. The Balaban J connectivity index is 3.01. The molecule has 4 nitrogen and oxygen atoms in total. The van der Waals surface area contributed by atoms with Crippen LogP contribution in [0.2, 0.25) is 10.0 Å². The van der Waals surface area contributed by atoms with E-state index in [2.05, 4.69) is 32.4 Å². The number of halogens is 2. The van der Waals surface area contributed by atoms with Gasteiger partial charge in [-0.1, -0.05) is 50.9 Å². The van der Waals surface area contributed by atoms with E-state index >= 15 is 0 Å². The molecule has 0 bridgehead atoms. The fraction of sp³-hybridized carbons (Fsp3) is 0.529. The zero-order valence-electron chi connectivity index (χ0n) is 14.6. The van der Waals surface area contributed by atoms with Crippen molar-refractivity contribution in [1.29, 1.82) is 0 Å². The molecule has 0 radical (unpaired) electrons. The Morgan fingerprint density at radius 3 is 1.96 bits per heavy atom. The van der Waals surface area contributed by atoms with Gasteiger partial charge in [0.15, 0.2) is 5.75 Å². The Morgan fingerprint density at radius 1 is 1.12 bits per heavy atom. The van der Waals surface area contributed by atoms with Crippen LogP contribution in [-0.4, -0.2) is 36.2 Å². The molecule has 0 heterocycles. The first-order chi connectivity index (χ1) is 11.1. The van der Waals surface area contributed by atoms with E-state index in [1.54, 1.807) is 0 Å². The lowest BCUT2D eigenvalue weighted by atomic mass is 10.1. The third-order valence-electron chi connectivity index (χ3n) is 3.04. The molecule has 0 aliphatic heterocycles. The molecule has 0 aliphatic rings. The van der Waals surface area contributed by atoms with Gasteiger partial charge in [-0.3, -0.25) is 0 Å². The maximum Gasteiger partial charge on any atom is 0.337 e. The lowest BCUT2D eigenvalue weighted by Crippen LogP contribution is -2.38. The van der Waals surface area contributed by atoms with Gasteiger partial charge in [0, 0.05) is 13.1 Å². The van der Waals surface area contributed by atoms with Gasteiger partial charge in [0.2, 0.25) is 0 Å². The molecule has 0 unspecified atom stereocenters. The van der Waals surface area contributed by atoms with E-state index in [-0.39, 0.29) is 21.4 Å². The summed E-state index contributed by atoms with van der Waals surface area (Å²) in [6.07, 6.45) is 0. The number of thiocarbonyl (C=S) groups is 1. The highest BCUT2D eigenvalue weighted by Crippen LogP contribution is 2.35. The summed E-state index contributed by atoms with van der Waals surface area (Å²) in [5, 5.41) is 0.727. The molecule has 0 saturated heterocycles. The Labute approximate surface area is 159 Å². The largest absolute Gasteiger partial charge is 0.465 e. The number of carbonyl (C=O) groups excluding carboxylic acids is 1. The average molecular weight is 392 g/mol. The molecule has 0 spiro atoms. The van der Waals surface area contributed by atoms with Crippen molar-refractivity contribution in [3.8, 4) is 5.75 Å². The molecule has 1 rings (SSSR count). The lowest BCUT2D eigenvalue weighted by Gasteiger charge is -2.28. The van der Waals surface area contributed by atoms with Crippen LogP contribution in [0.1, 0.15) is 38.1 Å². The second-order valence-corrected chi connectivity index (χ2v) is 7.48. The minimum Gasteiger partial charge on any atom is -0.465 e. The standard InChI is InChI=1S/C17H23Cl2NO3S/c1-10(2)8-20(9-11(3)4)17(24)23-15-13(18)6-12(7-14(15)19)16(21)22-5/h6-7,10-11H,8-9H2,1-5H3. The van der Waals surface area contributed by atoms with Crippen molar-refractivity contribution >= 4 is 46.6 Å². The predicted octanol–water partition coefficient (Wildman–Crippen LogP) is 5.06. The van der Waals surface area contributed by atoms with E-state index in [4.69, 9.17) is 40.2 Å². The minimum atomic E-state index is -0.519. The second kappa shape index (κ2) is 9.44. The molecule has 0 aliphatic carbocycles. The van der Waals surface area contributed by atoms with Crippen molar-refractivity contribution in [2.45, 2.75) is 27.7 Å². The van der Waals surface area contributed by atoms with Gasteiger partial charge in [0.05, 0.1) is 22.7 Å². The van der Waals surface area contributed by atoms with Crippen molar-refractivity contribution in [2.24, 2.45) is 11.8 Å². The van der Waals surface area contributed by atoms with Gasteiger partial charge < -0.3 is 14.4 Å². The van der Waals surface area contributed by atoms with Gasteiger partial charge in [-0.25, -0.2) is 4.79 Å². The van der Waals surface area contributed by atoms with Crippen molar-refractivity contribution in [1.82, 2.24) is 4.90 Å².